The van der Waals surface area contributed by atoms with E-state index in [1.54, 1.807) is 6.07 Å². The maximum atomic E-state index is 13.3. The molecule has 0 radical (unpaired) electrons. The van der Waals surface area contributed by atoms with E-state index in [4.69, 9.17) is 0 Å². The molecule has 0 aliphatic carbocycles. The van der Waals surface area contributed by atoms with Crippen LogP contribution < -0.4 is 0 Å². The molecule has 1 aliphatic heterocycles. The first-order valence-corrected chi connectivity index (χ1v) is 9.01. The first-order valence-electron chi connectivity index (χ1n) is 7.19. The predicted octanol–water partition coefficient (Wildman–Crippen LogP) is 3.05. The monoisotopic (exact) mass is 307 g/mol. The molecule has 1 fully saturated rings. The van der Waals surface area contributed by atoms with Crippen LogP contribution in [0.15, 0.2) is 24.3 Å². The second kappa shape index (κ2) is 5.37. The molecule has 0 saturated carbocycles. The molecule has 21 heavy (non-hydrogen) atoms. The van der Waals surface area contributed by atoms with E-state index in [1.807, 2.05) is 13.0 Å². The summed E-state index contributed by atoms with van der Waals surface area (Å²) < 4.78 is 36.2. The van der Waals surface area contributed by atoms with Crippen LogP contribution in [0.25, 0.3) is 10.9 Å². The van der Waals surface area contributed by atoms with Gasteiger partial charge in [-0.1, -0.05) is 0 Å². The van der Waals surface area contributed by atoms with E-state index in [9.17, 15) is 12.8 Å². The lowest BCUT2D eigenvalue weighted by Gasteiger charge is -2.09. The quantitative estimate of drug-likeness (QED) is 0.875. The number of pyridine rings is 1. The van der Waals surface area contributed by atoms with Crippen LogP contribution in [0.3, 0.4) is 0 Å². The van der Waals surface area contributed by atoms with Gasteiger partial charge in [0.1, 0.15) is 5.82 Å². The molecule has 0 bridgehead atoms. The number of fused-ring (bicyclic) bond motifs is 1. The van der Waals surface area contributed by atoms with Crippen LogP contribution in [0.5, 0.6) is 0 Å². The first kappa shape index (κ1) is 14.4. The van der Waals surface area contributed by atoms with Crippen molar-refractivity contribution in [3.63, 3.8) is 0 Å². The number of sulfone groups is 1. The second-order valence-electron chi connectivity index (χ2n) is 5.90. The third-order valence-electron chi connectivity index (χ3n) is 4.17. The van der Waals surface area contributed by atoms with E-state index in [0.29, 0.717) is 17.0 Å². The molecular weight excluding hydrogens is 289 g/mol. The lowest BCUT2D eigenvalue weighted by molar-refractivity contribution is 0.539. The Kier molecular flexibility index (Phi) is 3.69. The van der Waals surface area contributed by atoms with Gasteiger partial charge in [-0.05, 0) is 55.9 Å². The van der Waals surface area contributed by atoms with Gasteiger partial charge < -0.3 is 0 Å². The molecule has 1 saturated heterocycles. The van der Waals surface area contributed by atoms with Crippen molar-refractivity contribution < 1.29 is 12.8 Å². The molecular formula is C16H18FNO2S. The van der Waals surface area contributed by atoms with Gasteiger partial charge in [0.2, 0.25) is 0 Å². The van der Waals surface area contributed by atoms with Gasteiger partial charge in [0.25, 0.3) is 0 Å². The summed E-state index contributed by atoms with van der Waals surface area (Å²) in [6, 6.07) is 6.66. The number of hydrogen-bond acceptors (Lipinski definition) is 3. The fourth-order valence-corrected chi connectivity index (χ4v) is 4.94. The van der Waals surface area contributed by atoms with Crippen molar-refractivity contribution in [2.45, 2.75) is 26.2 Å². The third-order valence-corrected chi connectivity index (χ3v) is 6.00. The van der Waals surface area contributed by atoms with Gasteiger partial charge in [0, 0.05) is 17.1 Å². The van der Waals surface area contributed by atoms with E-state index in [0.717, 1.165) is 35.9 Å². The zero-order valence-electron chi connectivity index (χ0n) is 12.0. The molecule has 2 aromatic rings. The molecule has 0 amide bonds. The van der Waals surface area contributed by atoms with Crippen molar-refractivity contribution in [1.29, 1.82) is 0 Å². The van der Waals surface area contributed by atoms with Crippen LogP contribution in [0, 0.1) is 18.7 Å². The number of halogens is 1. The van der Waals surface area contributed by atoms with Crippen LogP contribution in [0.4, 0.5) is 4.39 Å². The summed E-state index contributed by atoms with van der Waals surface area (Å²) in [5.41, 5.74) is 2.66. The number of benzene rings is 1. The predicted molar refractivity (Wildman–Crippen MR) is 81.5 cm³/mol. The Morgan fingerprint density at radius 3 is 2.86 bits per heavy atom. The van der Waals surface area contributed by atoms with Crippen LogP contribution in [-0.4, -0.2) is 24.9 Å². The fraction of sp³-hybridized carbons (Fsp3) is 0.438. The maximum absolute atomic E-state index is 13.3. The van der Waals surface area contributed by atoms with Gasteiger partial charge in [0.15, 0.2) is 9.84 Å². The second-order valence-corrected chi connectivity index (χ2v) is 8.13. The van der Waals surface area contributed by atoms with Gasteiger partial charge in [-0.25, -0.2) is 12.8 Å². The Balaban J connectivity index is 1.78. The summed E-state index contributed by atoms with van der Waals surface area (Å²) in [7, 11) is -2.82. The highest BCUT2D eigenvalue weighted by Crippen LogP contribution is 2.24. The smallest absolute Gasteiger partial charge is 0.150 e. The topological polar surface area (TPSA) is 47.0 Å². The van der Waals surface area contributed by atoms with E-state index in [2.05, 4.69) is 4.98 Å². The SMILES string of the molecule is Cc1cc(CCC2CCS(=O)(=O)C2)nc2cc(F)ccc12. The first-order chi connectivity index (χ1) is 9.93. The van der Waals surface area contributed by atoms with E-state index >= 15 is 0 Å². The zero-order valence-corrected chi connectivity index (χ0v) is 12.8. The molecule has 5 heteroatoms. The minimum Gasteiger partial charge on any atom is -0.253 e. The minimum atomic E-state index is -2.82. The summed E-state index contributed by atoms with van der Waals surface area (Å²) in [4.78, 5) is 4.50. The van der Waals surface area contributed by atoms with E-state index in [1.165, 1.54) is 12.1 Å². The lowest BCUT2D eigenvalue weighted by atomic mass is 10.00. The summed E-state index contributed by atoms with van der Waals surface area (Å²) in [6.45, 7) is 1.99. The Labute approximate surface area is 124 Å². The average Bonchev–Trinajstić information content (AvgIpc) is 2.75. The Morgan fingerprint density at radius 1 is 1.33 bits per heavy atom. The lowest BCUT2D eigenvalue weighted by Crippen LogP contribution is -2.06. The van der Waals surface area contributed by atoms with Crippen molar-refractivity contribution in [3.05, 3.63) is 41.3 Å². The summed E-state index contributed by atoms with van der Waals surface area (Å²) in [5.74, 6) is 0.565. The van der Waals surface area contributed by atoms with Gasteiger partial charge in [-0.3, -0.25) is 4.98 Å². The van der Waals surface area contributed by atoms with Crippen molar-refractivity contribution in [1.82, 2.24) is 4.98 Å². The summed E-state index contributed by atoms with van der Waals surface area (Å²) in [5, 5.41) is 0.962. The molecule has 1 unspecified atom stereocenters. The highest BCUT2D eigenvalue weighted by atomic mass is 32.2. The molecule has 0 spiro atoms. The van der Waals surface area contributed by atoms with Crippen molar-refractivity contribution >= 4 is 20.7 Å². The van der Waals surface area contributed by atoms with Crippen LogP contribution in [0.2, 0.25) is 0 Å². The van der Waals surface area contributed by atoms with E-state index in [-0.39, 0.29) is 11.7 Å². The normalized spacial score (nSPS) is 21.0. The van der Waals surface area contributed by atoms with Gasteiger partial charge in [0.05, 0.1) is 17.0 Å². The molecule has 112 valence electrons. The number of aryl methyl sites for hydroxylation is 2. The average molecular weight is 307 g/mol. The maximum Gasteiger partial charge on any atom is 0.150 e. The van der Waals surface area contributed by atoms with Gasteiger partial charge in [-0.15, -0.1) is 0 Å². The van der Waals surface area contributed by atoms with Gasteiger partial charge >= 0.3 is 0 Å². The highest BCUT2D eigenvalue weighted by Gasteiger charge is 2.27. The van der Waals surface area contributed by atoms with Crippen LogP contribution in [-0.2, 0) is 16.3 Å². The Bertz CT molecular complexity index is 786. The number of aromatic nitrogens is 1. The Hall–Kier alpha value is -1.49. The van der Waals surface area contributed by atoms with Crippen LogP contribution in [0.1, 0.15) is 24.1 Å². The standard InChI is InChI=1S/C16H18FNO2S/c1-11-8-14(4-2-12-6-7-21(19,20)10-12)18-16-9-13(17)3-5-15(11)16/h3,5,8-9,12H,2,4,6-7,10H2,1H3. The molecule has 3 nitrogen and oxygen atoms in total. The number of rotatable bonds is 3. The largest absolute Gasteiger partial charge is 0.253 e. The molecule has 1 atom stereocenters. The molecule has 1 aliphatic rings. The molecule has 3 rings (SSSR count). The third kappa shape index (κ3) is 3.23. The Morgan fingerprint density at radius 2 is 2.14 bits per heavy atom. The zero-order chi connectivity index (χ0) is 15.0. The molecule has 2 heterocycles. The molecule has 1 aromatic carbocycles. The number of nitrogens with zero attached hydrogens (tertiary/aromatic N) is 1. The minimum absolute atomic E-state index is 0.236. The van der Waals surface area contributed by atoms with Crippen LogP contribution >= 0.6 is 0 Å². The highest BCUT2D eigenvalue weighted by molar-refractivity contribution is 7.91. The van der Waals surface area contributed by atoms with E-state index < -0.39 is 9.84 Å². The van der Waals surface area contributed by atoms with Crippen molar-refractivity contribution in [3.8, 4) is 0 Å². The number of hydrogen-bond donors (Lipinski definition) is 0. The summed E-state index contributed by atoms with van der Waals surface area (Å²) >= 11 is 0. The molecule has 0 N–H and O–H groups in total. The molecule has 1 aromatic heterocycles. The van der Waals surface area contributed by atoms with Crippen molar-refractivity contribution in [2.24, 2.45) is 5.92 Å². The van der Waals surface area contributed by atoms with Crippen molar-refractivity contribution in [2.75, 3.05) is 11.5 Å². The van der Waals surface area contributed by atoms with Gasteiger partial charge in [-0.2, -0.15) is 0 Å². The summed E-state index contributed by atoms with van der Waals surface area (Å²) in [6.07, 6.45) is 2.32. The fourth-order valence-electron chi connectivity index (χ4n) is 3.03.